The summed E-state index contributed by atoms with van der Waals surface area (Å²) in [7, 11) is 1.98. The molecule has 6 aliphatic rings. The number of hydrogen-bond donors (Lipinski definition) is 1. The first kappa shape index (κ1) is 41.4. The lowest BCUT2D eigenvalue weighted by Gasteiger charge is -2.72. The predicted molar refractivity (Wildman–Crippen MR) is 219 cm³/mol. The Morgan fingerprint density at radius 3 is 2.25 bits per heavy atom. The second-order valence-corrected chi connectivity index (χ2v) is 21.8. The van der Waals surface area contributed by atoms with Crippen LogP contribution in [0.3, 0.4) is 0 Å². The lowest BCUT2D eigenvalue weighted by Crippen LogP contribution is -2.67. The lowest BCUT2D eigenvalue weighted by molar-refractivity contribution is -0.234. The number of aliphatic carboxylic acids is 1. The van der Waals surface area contributed by atoms with Gasteiger partial charge in [-0.2, -0.15) is 0 Å². The van der Waals surface area contributed by atoms with E-state index in [0.29, 0.717) is 42.2 Å². The predicted octanol–water partition coefficient (Wildman–Crippen LogP) is 9.38. The number of likely N-dealkylation sites (N-methyl/N-ethyl adjacent to an activating group) is 1. The van der Waals surface area contributed by atoms with E-state index >= 15 is 0 Å². The molecule has 0 spiro atoms. The molecule has 9 heteroatoms. The van der Waals surface area contributed by atoms with Gasteiger partial charge in [0.1, 0.15) is 6.10 Å². The van der Waals surface area contributed by atoms with Crippen LogP contribution in [-0.4, -0.2) is 70.8 Å². The average molecular weight is 792 g/mol. The molecular weight excluding hydrogens is 724 g/mol. The van der Waals surface area contributed by atoms with Crippen molar-refractivity contribution in [1.29, 1.82) is 0 Å². The van der Waals surface area contributed by atoms with Crippen molar-refractivity contribution in [3.63, 3.8) is 0 Å². The molecule has 7 rings (SSSR count). The minimum atomic E-state index is -1.17. The van der Waals surface area contributed by atoms with Crippen LogP contribution in [0.1, 0.15) is 132 Å². The Morgan fingerprint density at radius 2 is 1.61 bits per heavy atom. The number of allylic oxidation sites excluding steroid dienone is 1. The summed E-state index contributed by atoms with van der Waals surface area (Å²) in [4.78, 5) is 57.6. The molecule has 2 unspecified atom stereocenters. The van der Waals surface area contributed by atoms with Gasteiger partial charge in [0.05, 0.1) is 24.4 Å². The Labute approximate surface area is 340 Å². The van der Waals surface area contributed by atoms with Crippen molar-refractivity contribution >= 4 is 35.2 Å². The number of halogens is 1. The third-order valence-electron chi connectivity index (χ3n) is 17.5. The summed E-state index contributed by atoms with van der Waals surface area (Å²) in [6, 6.07) is 7.84. The van der Waals surface area contributed by atoms with Crippen LogP contribution >= 0.6 is 11.6 Å². The summed E-state index contributed by atoms with van der Waals surface area (Å²) < 4.78 is 6.20. The Bertz CT molecular complexity index is 1820. The van der Waals surface area contributed by atoms with Crippen LogP contribution in [0.15, 0.2) is 35.4 Å². The summed E-state index contributed by atoms with van der Waals surface area (Å²) in [5.41, 5.74) is 1.89. The number of amides is 1. The number of Topliss-reactive ketones (excluding diaryl/α,β-unsaturated/α-hetero) is 1. The molecule has 9 atom stereocenters. The van der Waals surface area contributed by atoms with E-state index in [1.165, 1.54) is 5.57 Å². The molecule has 5 aliphatic carbocycles. The Kier molecular flexibility index (Phi) is 10.3. The van der Waals surface area contributed by atoms with Gasteiger partial charge < -0.3 is 14.7 Å². The highest BCUT2D eigenvalue weighted by molar-refractivity contribution is 6.30. The van der Waals surface area contributed by atoms with Crippen LogP contribution in [0.5, 0.6) is 0 Å². The van der Waals surface area contributed by atoms with E-state index in [9.17, 15) is 24.3 Å². The zero-order valence-electron chi connectivity index (χ0n) is 35.7. The third-order valence-corrected chi connectivity index (χ3v) is 17.7. The van der Waals surface area contributed by atoms with Crippen LogP contribution in [0, 0.1) is 56.2 Å². The number of nitrogens with zero attached hydrogens (tertiary/aromatic N) is 2. The molecule has 0 radical (unpaired) electrons. The highest BCUT2D eigenvalue weighted by atomic mass is 35.5. The van der Waals surface area contributed by atoms with Gasteiger partial charge in [-0.05, 0) is 128 Å². The molecule has 0 bridgehead atoms. The number of benzene rings is 1. The van der Waals surface area contributed by atoms with Crippen molar-refractivity contribution < 1.29 is 29.0 Å². The number of hydrogen-bond acceptors (Lipinski definition) is 6. The number of rotatable bonds is 8. The Balaban J connectivity index is 1.19. The first-order valence-electron chi connectivity index (χ1n) is 21.4. The van der Waals surface area contributed by atoms with Gasteiger partial charge in [-0.15, -0.1) is 0 Å². The van der Waals surface area contributed by atoms with Crippen LogP contribution in [0.4, 0.5) is 0 Å². The maximum atomic E-state index is 14.4. The van der Waals surface area contributed by atoms with Gasteiger partial charge in [-0.3, -0.25) is 24.1 Å². The van der Waals surface area contributed by atoms with Gasteiger partial charge in [0.15, 0.2) is 5.78 Å². The quantitative estimate of drug-likeness (QED) is 0.262. The van der Waals surface area contributed by atoms with Gasteiger partial charge in [-0.25, -0.2) is 0 Å². The smallest absolute Gasteiger partial charge is 0.309 e. The van der Waals surface area contributed by atoms with Gasteiger partial charge in [0.2, 0.25) is 5.91 Å². The summed E-state index contributed by atoms with van der Waals surface area (Å²) >= 11 is 6.21. The molecule has 1 aromatic carbocycles. The molecule has 1 amide bonds. The monoisotopic (exact) mass is 790 g/mol. The number of ketones is 1. The number of fused-ring (bicyclic) bond motifs is 7. The highest BCUT2D eigenvalue weighted by Gasteiger charge is 2.71. The zero-order chi connectivity index (χ0) is 41.0. The third kappa shape index (κ3) is 6.23. The lowest BCUT2D eigenvalue weighted by atomic mass is 9.32. The molecular formula is C47H67ClN2O6. The fraction of sp³-hybridized carbons (Fsp3) is 0.745. The van der Waals surface area contributed by atoms with Gasteiger partial charge >= 0.3 is 11.9 Å². The standard InChI is InChI=1S/C47H67ClN2O6/c1-28(2)39-32(51)23-47(35-26-50(27-37(52)49(35)10)25-29-11-13-30(48)14-12-29)22-21-45(8)31(40(39)47)15-16-34-44(7)19-18-36(56-38(53)24-42(3,4)41(54)55)43(5,6)33(44)17-20-46(34,45)9/h11-14,28,31,33-36H,15-27H2,1-10H3,(H,54,55)/t31-,33+,34?,35?,36+,44+,45-,46-,47+/m1/s1. The van der Waals surface area contributed by atoms with E-state index in [4.69, 9.17) is 16.3 Å². The summed E-state index contributed by atoms with van der Waals surface area (Å²) in [6.07, 6.45) is 8.08. The van der Waals surface area contributed by atoms with Crippen molar-refractivity contribution in [3.8, 4) is 0 Å². The normalized spacial score (nSPS) is 38.5. The molecule has 308 valence electrons. The number of carboxylic acids is 1. The van der Waals surface area contributed by atoms with Crippen molar-refractivity contribution in [1.82, 2.24) is 9.80 Å². The van der Waals surface area contributed by atoms with Crippen LogP contribution in [0.2, 0.25) is 5.02 Å². The summed E-state index contributed by atoms with van der Waals surface area (Å²) in [5, 5.41) is 10.4. The number of esters is 1. The number of piperazine rings is 1. The summed E-state index contributed by atoms with van der Waals surface area (Å²) in [5.74, 6) is 0.250. The first-order valence-corrected chi connectivity index (χ1v) is 21.8. The highest BCUT2D eigenvalue weighted by Crippen LogP contribution is 2.77. The maximum absolute atomic E-state index is 14.4. The molecule has 1 aromatic rings. The Hall–Kier alpha value is -2.71. The van der Waals surface area contributed by atoms with Crippen LogP contribution in [0.25, 0.3) is 0 Å². The van der Waals surface area contributed by atoms with E-state index in [0.717, 1.165) is 69.0 Å². The molecule has 1 N–H and O–H groups in total. The average Bonchev–Trinajstić information content (AvgIpc) is 3.41. The fourth-order valence-corrected chi connectivity index (χ4v) is 14.5. The van der Waals surface area contributed by atoms with E-state index < -0.39 is 17.4 Å². The number of ether oxygens (including phenoxy) is 1. The first-order chi connectivity index (χ1) is 26.0. The van der Waals surface area contributed by atoms with Crippen molar-refractivity contribution in [2.24, 2.45) is 56.2 Å². The van der Waals surface area contributed by atoms with Gasteiger partial charge in [0, 0.05) is 42.4 Å². The molecule has 0 aromatic heterocycles. The minimum Gasteiger partial charge on any atom is -0.481 e. The number of carboxylic acid groups (broad SMARTS) is 1. The van der Waals surface area contributed by atoms with Gasteiger partial charge in [-0.1, -0.05) is 77.8 Å². The largest absolute Gasteiger partial charge is 0.481 e. The maximum Gasteiger partial charge on any atom is 0.309 e. The van der Waals surface area contributed by atoms with Crippen molar-refractivity contribution in [3.05, 3.63) is 46.0 Å². The SMILES string of the molecule is CC(C)C1=C2[C@H]3CCC4[C@@]5(C)CC[C@H](OC(=O)CC(C)(C)C(=O)O)C(C)(C)[C@@H]5CC[C@@]4(C)[C@]3(C)CC[C@@]2(C2CN(Cc3ccc(Cl)cc3)CC(=O)N2C)CC1=O. The summed E-state index contributed by atoms with van der Waals surface area (Å²) in [6.45, 7) is 21.6. The molecule has 8 nitrogen and oxygen atoms in total. The van der Waals surface area contributed by atoms with E-state index in [1.807, 2.05) is 36.2 Å². The van der Waals surface area contributed by atoms with Gasteiger partial charge in [0.25, 0.3) is 0 Å². The number of carbonyl (C=O) groups is 4. The molecule has 1 aliphatic heterocycles. The van der Waals surface area contributed by atoms with E-state index in [2.05, 4.69) is 53.4 Å². The minimum absolute atomic E-state index is 0.0103. The second-order valence-electron chi connectivity index (χ2n) is 21.4. The topological polar surface area (TPSA) is 104 Å². The molecule has 1 heterocycles. The van der Waals surface area contributed by atoms with Crippen molar-refractivity contribution in [2.75, 3.05) is 20.1 Å². The fourth-order valence-electron chi connectivity index (χ4n) is 14.3. The molecule has 1 saturated heterocycles. The van der Waals surface area contributed by atoms with E-state index in [1.54, 1.807) is 13.8 Å². The molecule has 56 heavy (non-hydrogen) atoms. The van der Waals surface area contributed by atoms with E-state index in [-0.39, 0.29) is 63.4 Å². The Morgan fingerprint density at radius 1 is 0.929 bits per heavy atom. The molecule has 4 saturated carbocycles. The van der Waals surface area contributed by atoms with Crippen LogP contribution < -0.4 is 0 Å². The number of carbonyl (C=O) groups excluding carboxylic acids is 3. The second kappa shape index (κ2) is 14.0. The van der Waals surface area contributed by atoms with Crippen molar-refractivity contribution in [2.45, 2.75) is 145 Å². The molecule has 5 fully saturated rings. The zero-order valence-corrected chi connectivity index (χ0v) is 36.5. The van der Waals surface area contributed by atoms with Crippen LogP contribution in [-0.2, 0) is 30.5 Å².